The summed E-state index contributed by atoms with van der Waals surface area (Å²) in [7, 11) is 0. The maximum atomic E-state index is 12.0. The molecular weight excluding hydrogens is 284 g/mol. The van der Waals surface area contributed by atoms with E-state index < -0.39 is 11.4 Å². The molecule has 0 saturated heterocycles. The molecule has 6 unspecified atom stereocenters. The number of aliphatic carboxylic acids is 1. The highest BCUT2D eigenvalue weighted by Crippen LogP contribution is 2.63. The zero-order valence-electron chi connectivity index (χ0n) is 15.4. The third kappa shape index (κ3) is 2.57. The van der Waals surface area contributed by atoms with Crippen LogP contribution in [0.1, 0.15) is 79.1 Å². The highest BCUT2D eigenvalue weighted by Gasteiger charge is 2.58. The zero-order chi connectivity index (χ0) is 16.8. The smallest absolute Gasteiger partial charge is 0.309 e. The fourth-order valence-electron chi connectivity index (χ4n) is 6.33. The molecule has 0 bridgehead atoms. The first-order chi connectivity index (χ1) is 10.8. The van der Waals surface area contributed by atoms with Crippen LogP contribution in [0.5, 0.6) is 0 Å². The summed E-state index contributed by atoms with van der Waals surface area (Å²) in [5, 5.41) is 9.88. The van der Waals surface area contributed by atoms with Crippen LogP contribution >= 0.6 is 0 Å². The highest BCUT2D eigenvalue weighted by molar-refractivity contribution is 5.75. The molecule has 0 aromatic carbocycles. The van der Waals surface area contributed by atoms with Gasteiger partial charge in [-0.3, -0.25) is 4.79 Å². The van der Waals surface area contributed by atoms with Crippen LogP contribution in [0, 0.1) is 34.5 Å². The standard InChI is InChI=1S/C21H34O2/c1-5-14(2)15-7-9-17-16(13-15)8-10-18-20(17,3)11-6-12-21(18,4)19(22)23/h13-15,17-18H,5-12H2,1-4H3,(H,22,23). The van der Waals surface area contributed by atoms with Crippen LogP contribution in [-0.4, -0.2) is 11.1 Å². The number of hydrogen-bond donors (Lipinski definition) is 1. The Morgan fingerprint density at radius 3 is 2.70 bits per heavy atom. The molecular formula is C21H34O2. The third-order valence-corrected chi connectivity index (χ3v) is 8.02. The molecule has 3 aliphatic carbocycles. The van der Waals surface area contributed by atoms with Crippen molar-refractivity contribution in [2.45, 2.75) is 79.1 Å². The Kier molecular flexibility index (Phi) is 4.40. The summed E-state index contributed by atoms with van der Waals surface area (Å²) < 4.78 is 0. The number of fused-ring (bicyclic) bond motifs is 3. The van der Waals surface area contributed by atoms with E-state index in [1.807, 2.05) is 6.92 Å². The molecule has 0 aromatic heterocycles. The van der Waals surface area contributed by atoms with E-state index in [0.717, 1.165) is 37.5 Å². The minimum Gasteiger partial charge on any atom is -0.481 e. The average molecular weight is 319 g/mol. The Hall–Kier alpha value is -0.790. The van der Waals surface area contributed by atoms with Gasteiger partial charge in [0.05, 0.1) is 5.41 Å². The SMILES string of the molecule is CCC(C)C1C=C2CCC3C(C)(C(=O)O)CCCC3(C)C2CC1. The van der Waals surface area contributed by atoms with Crippen molar-refractivity contribution in [3.05, 3.63) is 11.6 Å². The second kappa shape index (κ2) is 5.93. The second-order valence-corrected chi connectivity index (χ2v) is 9.09. The Morgan fingerprint density at radius 2 is 2.04 bits per heavy atom. The van der Waals surface area contributed by atoms with Crippen LogP contribution < -0.4 is 0 Å². The van der Waals surface area contributed by atoms with Crippen LogP contribution in [0.3, 0.4) is 0 Å². The first-order valence-corrected chi connectivity index (χ1v) is 9.77. The summed E-state index contributed by atoms with van der Waals surface area (Å²) >= 11 is 0. The predicted molar refractivity (Wildman–Crippen MR) is 94.2 cm³/mol. The molecule has 0 spiro atoms. The van der Waals surface area contributed by atoms with Gasteiger partial charge < -0.3 is 5.11 Å². The van der Waals surface area contributed by atoms with Crippen molar-refractivity contribution < 1.29 is 9.90 Å². The van der Waals surface area contributed by atoms with Crippen LogP contribution in [-0.2, 0) is 4.79 Å². The van der Waals surface area contributed by atoms with E-state index in [9.17, 15) is 9.90 Å². The molecule has 3 aliphatic rings. The minimum absolute atomic E-state index is 0.204. The van der Waals surface area contributed by atoms with Crippen molar-refractivity contribution in [1.82, 2.24) is 0 Å². The van der Waals surface area contributed by atoms with Crippen LogP contribution in [0.4, 0.5) is 0 Å². The molecule has 1 N–H and O–H groups in total. The minimum atomic E-state index is -0.561. The van der Waals surface area contributed by atoms with Gasteiger partial charge in [-0.05, 0) is 74.5 Å². The molecule has 2 nitrogen and oxygen atoms in total. The van der Waals surface area contributed by atoms with Gasteiger partial charge in [0.25, 0.3) is 0 Å². The lowest BCUT2D eigenvalue weighted by atomic mass is 9.45. The molecule has 130 valence electrons. The average Bonchev–Trinajstić information content (AvgIpc) is 2.53. The van der Waals surface area contributed by atoms with Crippen LogP contribution in [0.25, 0.3) is 0 Å². The molecule has 0 aromatic rings. The number of carbonyl (C=O) groups is 1. The molecule has 0 heterocycles. The summed E-state index contributed by atoms with van der Waals surface area (Å²) in [6.07, 6.45) is 11.8. The van der Waals surface area contributed by atoms with Crippen LogP contribution in [0.2, 0.25) is 0 Å². The summed E-state index contributed by atoms with van der Waals surface area (Å²) in [5.74, 6) is 1.96. The van der Waals surface area contributed by atoms with E-state index >= 15 is 0 Å². The first-order valence-electron chi connectivity index (χ1n) is 9.77. The van der Waals surface area contributed by atoms with Gasteiger partial charge in [0, 0.05) is 0 Å². The molecule has 23 heavy (non-hydrogen) atoms. The molecule has 6 atom stereocenters. The van der Waals surface area contributed by atoms with Crippen molar-refractivity contribution >= 4 is 5.97 Å². The van der Waals surface area contributed by atoms with Gasteiger partial charge in [-0.25, -0.2) is 0 Å². The number of rotatable bonds is 3. The Bertz CT molecular complexity index is 508. The summed E-state index contributed by atoms with van der Waals surface area (Å²) in [6, 6.07) is 0. The maximum Gasteiger partial charge on any atom is 0.309 e. The lowest BCUT2D eigenvalue weighted by molar-refractivity contribution is -0.164. The van der Waals surface area contributed by atoms with E-state index in [4.69, 9.17) is 0 Å². The third-order valence-electron chi connectivity index (χ3n) is 8.02. The quantitative estimate of drug-likeness (QED) is 0.680. The van der Waals surface area contributed by atoms with Crippen molar-refractivity contribution in [2.24, 2.45) is 34.5 Å². The van der Waals surface area contributed by atoms with Gasteiger partial charge in [-0.1, -0.05) is 45.3 Å². The number of hydrogen-bond acceptors (Lipinski definition) is 1. The fourth-order valence-corrected chi connectivity index (χ4v) is 6.33. The number of allylic oxidation sites excluding steroid dienone is 2. The highest BCUT2D eigenvalue weighted by atomic mass is 16.4. The largest absolute Gasteiger partial charge is 0.481 e. The summed E-state index contributed by atoms with van der Waals surface area (Å²) in [4.78, 5) is 12.0. The fraction of sp³-hybridized carbons (Fsp3) is 0.857. The van der Waals surface area contributed by atoms with E-state index in [1.165, 1.54) is 25.7 Å². The molecule has 2 heteroatoms. The molecule has 0 amide bonds. The van der Waals surface area contributed by atoms with E-state index in [0.29, 0.717) is 11.8 Å². The van der Waals surface area contributed by atoms with Gasteiger partial charge in [0.15, 0.2) is 0 Å². The molecule has 2 fully saturated rings. The lowest BCUT2D eigenvalue weighted by Crippen LogP contribution is -2.54. The predicted octanol–water partition coefficient (Wildman–Crippen LogP) is 5.68. The van der Waals surface area contributed by atoms with E-state index in [2.05, 4.69) is 26.8 Å². The molecule has 2 saturated carbocycles. The summed E-state index contributed by atoms with van der Waals surface area (Å²) in [5.41, 5.74) is 1.37. The Morgan fingerprint density at radius 1 is 1.30 bits per heavy atom. The normalized spacial score (nSPS) is 44.7. The zero-order valence-corrected chi connectivity index (χ0v) is 15.4. The Labute approximate surface area is 141 Å². The lowest BCUT2D eigenvalue weighted by Gasteiger charge is -2.58. The van der Waals surface area contributed by atoms with Gasteiger partial charge in [0.2, 0.25) is 0 Å². The van der Waals surface area contributed by atoms with Crippen molar-refractivity contribution in [3.63, 3.8) is 0 Å². The molecule has 0 aliphatic heterocycles. The van der Waals surface area contributed by atoms with Gasteiger partial charge in [-0.2, -0.15) is 0 Å². The monoisotopic (exact) mass is 318 g/mol. The van der Waals surface area contributed by atoms with Gasteiger partial charge >= 0.3 is 5.97 Å². The van der Waals surface area contributed by atoms with E-state index in [1.54, 1.807) is 5.57 Å². The van der Waals surface area contributed by atoms with Crippen molar-refractivity contribution in [1.29, 1.82) is 0 Å². The van der Waals surface area contributed by atoms with Crippen molar-refractivity contribution in [2.75, 3.05) is 0 Å². The number of carboxylic acids is 1. The van der Waals surface area contributed by atoms with Gasteiger partial charge in [-0.15, -0.1) is 0 Å². The van der Waals surface area contributed by atoms with E-state index in [-0.39, 0.29) is 5.41 Å². The summed E-state index contributed by atoms with van der Waals surface area (Å²) in [6.45, 7) is 9.13. The topological polar surface area (TPSA) is 37.3 Å². The second-order valence-electron chi connectivity index (χ2n) is 9.09. The molecule has 3 rings (SSSR count). The Balaban J connectivity index is 1.91. The van der Waals surface area contributed by atoms with Crippen LogP contribution in [0.15, 0.2) is 11.6 Å². The maximum absolute atomic E-state index is 12.0. The molecule has 0 radical (unpaired) electrons. The number of carboxylic acid groups (broad SMARTS) is 1. The van der Waals surface area contributed by atoms with Crippen molar-refractivity contribution in [3.8, 4) is 0 Å². The first kappa shape index (κ1) is 17.0. The van der Waals surface area contributed by atoms with Gasteiger partial charge in [0.1, 0.15) is 0 Å².